The van der Waals surface area contributed by atoms with E-state index in [1.165, 1.54) is 17.9 Å². The van der Waals surface area contributed by atoms with Gasteiger partial charge in [0.05, 0.1) is 25.6 Å². The molecule has 0 bridgehead atoms. The van der Waals surface area contributed by atoms with Crippen molar-refractivity contribution in [1.29, 1.82) is 0 Å². The van der Waals surface area contributed by atoms with Crippen molar-refractivity contribution < 1.29 is 14.6 Å². The van der Waals surface area contributed by atoms with Crippen LogP contribution in [0.4, 0.5) is 5.69 Å². The Morgan fingerprint density at radius 2 is 1.81 bits per heavy atom. The van der Waals surface area contributed by atoms with Crippen LogP contribution in [0.1, 0.15) is 5.56 Å². The van der Waals surface area contributed by atoms with E-state index in [0.29, 0.717) is 22.9 Å². The normalized spacial score (nSPS) is 10.9. The first-order valence-corrected chi connectivity index (χ1v) is 8.35. The van der Waals surface area contributed by atoms with E-state index in [1.54, 1.807) is 55.6 Å². The van der Waals surface area contributed by atoms with Crippen LogP contribution >= 0.6 is 12.2 Å². The van der Waals surface area contributed by atoms with Gasteiger partial charge in [0.2, 0.25) is 5.88 Å². The first-order chi connectivity index (χ1) is 13.0. The maximum atomic E-state index is 12.3. The molecule has 138 valence electrons. The van der Waals surface area contributed by atoms with Crippen molar-refractivity contribution in [3.8, 4) is 23.1 Å². The van der Waals surface area contributed by atoms with E-state index in [1.807, 2.05) is 0 Å². The number of aromatic amines is 1. The van der Waals surface area contributed by atoms with E-state index in [2.05, 4.69) is 9.98 Å². The molecule has 0 amide bonds. The number of aromatic hydroxyl groups is 1. The second-order valence-electron chi connectivity index (χ2n) is 5.46. The molecule has 0 aliphatic carbocycles. The van der Waals surface area contributed by atoms with Crippen molar-refractivity contribution in [3.63, 3.8) is 0 Å². The third-order valence-corrected chi connectivity index (χ3v) is 4.15. The summed E-state index contributed by atoms with van der Waals surface area (Å²) in [5.41, 5.74) is 0.532. The summed E-state index contributed by atoms with van der Waals surface area (Å²) in [6, 6.07) is 14.0. The molecule has 2 aromatic carbocycles. The van der Waals surface area contributed by atoms with E-state index < -0.39 is 5.56 Å². The molecule has 3 rings (SSSR count). The van der Waals surface area contributed by atoms with Crippen LogP contribution in [-0.4, -0.2) is 35.1 Å². The molecule has 0 spiro atoms. The summed E-state index contributed by atoms with van der Waals surface area (Å²) in [5, 5.41) is 10.7. The van der Waals surface area contributed by atoms with Gasteiger partial charge in [0.1, 0.15) is 17.1 Å². The van der Waals surface area contributed by atoms with Crippen LogP contribution in [0.2, 0.25) is 0 Å². The Bertz CT molecular complexity index is 1100. The molecule has 0 radical (unpaired) electrons. The van der Waals surface area contributed by atoms with Crippen LogP contribution in [0.15, 0.2) is 58.3 Å². The van der Waals surface area contributed by atoms with Gasteiger partial charge in [-0.15, -0.1) is 0 Å². The van der Waals surface area contributed by atoms with Gasteiger partial charge < -0.3 is 14.6 Å². The van der Waals surface area contributed by atoms with Gasteiger partial charge in [0.15, 0.2) is 4.77 Å². The van der Waals surface area contributed by atoms with Gasteiger partial charge in [-0.05, 0) is 48.6 Å². The molecule has 0 aliphatic heterocycles. The minimum atomic E-state index is -0.541. The number of methoxy groups -OCH3 is 2. The third kappa shape index (κ3) is 3.75. The van der Waals surface area contributed by atoms with Crippen LogP contribution in [0.25, 0.3) is 5.69 Å². The molecule has 0 unspecified atom stereocenters. The summed E-state index contributed by atoms with van der Waals surface area (Å²) >= 11 is 5.21. The molecule has 3 aromatic rings. The Morgan fingerprint density at radius 1 is 1.11 bits per heavy atom. The number of nitrogens with zero attached hydrogens (tertiary/aromatic N) is 2. The number of hydrogen-bond acceptors (Lipinski definition) is 6. The molecule has 0 saturated heterocycles. The SMILES string of the molecule is COc1ccc(N=Cc2c(O)n(-c3ccccc3OC)c(=S)[nH]c2=O)cc1. The van der Waals surface area contributed by atoms with Crippen molar-refractivity contribution in [2.45, 2.75) is 0 Å². The molecule has 0 atom stereocenters. The van der Waals surface area contributed by atoms with Gasteiger partial charge in [-0.25, -0.2) is 0 Å². The van der Waals surface area contributed by atoms with Gasteiger partial charge in [0, 0.05) is 6.21 Å². The molecule has 27 heavy (non-hydrogen) atoms. The van der Waals surface area contributed by atoms with E-state index in [-0.39, 0.29) is 16.2 Å². The maximum Gasteiger partial charge on any atom is 0.264 e. The standard InChI is InChI=1S/C19H17N3O4S/c1-25-13-9-7-12(8-10-13)20-11-14-17(23)21-19(27)22(18(14)24)15-5-3-4-6-16(15)26-2/h3-11,24H,1-2H3,(H,21,23,27). The second kappa shape index (κ2) is 7.88. The Morgan fingerprint density at radius 3 is 2.48 bits per heavy atom. The van der Waals surface area contributed by atoms with Crippen molar-refractivity contribution in [2.75, 3.05) is 14.2 Å². The smallest absolute Gasteiger partial charge is 0.264 e. The van der Waals surface area contributed by atoms with Crippen LogP contribution in [0.5, 0.6) is 17.4 Å². The number of aliphatic imine (C=N–C) groups is 1. The summed E-state index contributed by atoms with van der Waals surface area (Å²) in [6.07, 6.45) is 1.29. The Balaban J connectivity index is 2.10. The number of hydrogen-bond donors (Lipinski definition) is 2. The Labute approximate surface area is 160 Å². The highest BCUT2D eigenvalue weighted by Gasteiger charge is 2.15. The predicted octanol–water partition coefficient (Wildman–Crippen LogP) is 3.37. The monoisotopic (exact) mass is 383 g/mol. The zero-order valence-electron chi connectivity index (χ0n) is 14.7. The molecule has 2 N–H and O–H groups in total. The van der Waals surface area contributed by atoms with E-state index in [4.69, 9.17) is 21.7 Å². The second-order valence-corrected chi connectivity index (χ2v) is 5.85. The molecule has 1 aromatic heterocycles. The number of benzene rings is 2. The lowest BCUT2D eigenvalue weighted by atomic mass is 10.2. The Hall–Kier alpha value is -3.39. The van der Waals surface area contributed by atoms with Crippen molar-refractivity contribution in [3.05, 3.63) is 69.2 Å². The average molecular weight is 383 g/mol. The fraction of sp³-hybridized carbons (Fsp3) is 0.105. The minimum Gasteiger partial charge on any atom is -0.497 e. The first kappa shape index (κ1) is 18.4. The highest BCUT2D eigenvalue weighted by atomic mass is 32.1. The summed E-state index contributed by atoms with van der Waals surface area (Å²) in [6.45, 7) is 0. The average Bonchev–Trinajstić information content (AvgIpc) is 2.68. The number of H-pyrrole nitrogens is 1. The van der Waals surface area contributed by atoms with Gasteiger partial charge in [-0.1, -0.05) is 12.1 Å². The molecular weight excluding hydrogens is 366 g/mol. The number of nitrogens with one attached hydrogen (secondary N) is 1. The largest absolute Gasteiger partial charge is 0.497 e. The summed E-state index contributed by atoms with van der Waals surface area (Å²) in [4.78, 5) is 19.1. The van der Waals surface area contributed by atoms with Gasteiger partial charge in [-0.3, -0.25) is 19.3 Å². The van der Waals surface area contributed by atoms with Gasteiger partial charge >= 0.3 is 0 Å². The molecule has 0 saturated carbocycles. The number of ether oxygens (including phenoxy) is 2. The van der Waals surface area contributed by atoms with Gasteiger partial charge in [0.25, 0.3) is 5.56 Å². The molecule has 0 aliphatic rings. The highest BCUT2D eigenvalue weighted by molar-refractivity contribution is 7.71. The molecule has 0 fully saturated rings. The van der Waals surface area contributed by atoms with Crippen LogP contribution < -0.4 is 15.0 Å². The van der Waals surface area contributed by atoms with Crippen LogP contribution in [0, 0.1) is 4.77 Å². The maximum absolute atomic E-state index is 12.3. The van der Waals surface area contributed by atoms with E-state index in [0.717, 1.165) is 0 Å². The number of rotatable bonds is 5. The fourth-order valence-electron chi connectivity index (χ4n) is 2.50. The summed E-state index contributed by atoms with van der Waals surface area (Å²) < 4.78 is 11.8. The molecule has 1 heterocycles. The topological polar surface area (TPSA) is 88.8 Å². The third-order valence-electron chi connectivity index (χ3n) is 3.86. The zero-order chi connectivity index (χ0) is 19.4. The summed E-state index contributed by atoms with van der Waals surface area (Å²) in [7, 11) is 3.08. The van der Waals surface area contributed by atoms with Crippen LogP contribution in [0.3, 0.4) is 0 Å². The number of para-hydroxylation sites is 2. The predicted molar refractivity (Wildman–Crippen MR) is 106 cm³/mol. The van der Waals surface area contributed by atoms with Gasteiger partial charge in [-0.2, -0.15) is 0 Å². The lowest BCUT2D eigenvalue weighted by Gasteiger charge is -2.14. The fourth-order valence-corrected chi connectivity index (χ4v) is 2.78. The van der Waals surface area contributed by atoms with E-state index >= 15 is 0 Å². The lowest BCUT2D eigenvalue weighted by Crippen LogP contribution is -2.18. The lowest BCUT2D eigenvalue weighted by molar-refractivity contribution is 0.402. The Kier molecular flexibility index (Phi) is 5.37. The molecule has 8 heteroatoms. The minimum absolute atomic E-state index is 0.0228. The number of aromatic nitrogens is 2. The van der Waals surface area contributed by atoms with Crippen molar-refractivity contribution >= 4 is 24.1 Å². The molecular formula is C19H17N3O4S. The van der Waals surface area contributed by atoms with E-state index in [9.17, 15) is 9.90 Å². The van der Waals surface area contributed by atoms with Crippen molar-refractivity contribution in [1.82, 2.24) is 9.55 Å². The van der Waals surface area contributed by atoms with Crippen LogP contribution in [-0.2, 0) is 0 Å². The van der Waals surface area contributed by atoms with Crippen molar-refractivity contribution in [2.24, 2.45) is 4.99 Å². The zero-order valence-corrected chi connectivity index (χ0v) is 15.5. The molecule has 7 nitrogen and oxygen atoms in total. The highest BCUT2D eigenvalue weighted by Crippen LogP contribution is 2.27. The quantitative estimate of drug-likeness (QED) is 0.521. The first-order valence-electron chi connectivity index (χ1n) is 7.95. The summed E-state index contributed by atoms with van der Waals surface area (Å²) in [5.74, 6) is 0.860.